The average molecular weight is 356 g/mol. The fourth-order valence-electron chi connectivity index (χ4n) is 2.64. The predicted molar refractivity (Wildman–Crippen MR) is 92.3 cm³/mol. The van der Waals surface area contributed by atoms with Crippen LogP contribution in [0.5, 0.6) is 11.5 Å². The fourth-order valence-corrected chi connectivity index (χ4v) is 2.64. The Morgan fingerprint density at radius 3 is 2.31 bits per heavy atom. The lowest BCUT2D eigenvalue weighted by atomic mass is 10.1. The van der Waals surface area contributed by atoms with Crippen molar-refractivity contribution >= 4 is 22.9 Å². The molecule has 0 fully saturated rings. The van der Waals surface area contributed by atoms with Crippen molar-refractivity contribution in [3.63, 3.8) is 0 Å². The zero-order valence-electron chi connectivity index (χ0n) is 14.7. The van der Waals surface area contributed by atoms with Gasteiger partial charge in [-0.05, 0) is 32.0 Å². The van der Waals surface area contributed by atoms with E-state index >= 15 is 0 Å². The lowest BCUT2D eigenvalue weighted by Crippen LogP contribution is -2.12. The molecule has 0 amide bonds. The quantitative estimate of drug-likeness (QED) is 0.523. The van der Waals surface area contributed by atoms with E-state index in [1.54, 1.807) is 31.2 Å². The van der Waals surface area contributed by atoms with Gasteiger partial charge in [-0.3, -0.25) is 9.59 Å². The number of ether oxygens (including phenoxy) is 2. The minimum atomic E-state index is -0.637. The molecule has 0 saturated heterocycles. The molecule has 0 bridgehead atoms. The van der Waals surface area contributed by atoms with Crippen LogP contribution in [0.15, 0.2) is 37.9 Å². The lowest BCUT2D eigenvalue weighted by Gasteiger charge is -2.10. The van der Waals surface area contributed by atoms with Crippen molar-refractivity contribution in [3.8, 4) is 23.0 Å². The number of benzene rings is 1. The van der Waals surface area contributed by atoms with E-state index < -0.39 is 17.6 Å². The predicted octanol–water partition coefficient (Wildman–Crippen LogP) is 3.52. The smallest absolute Gasteiger partial charge is 0.343 e. The zero-order valence-corrected chi connectivity index (χ0v) is 14.7. The summed E-state index contributed by atoms with van der Waals surface area (Å²) in [6.45, 7) is 5.72. The fraction of sp³-hybridized carbons (Fsp3) is 0.211. The summed E-state index contributed by atoms with van der Waals surface area (Å²) in [4.78, 5) is 34.7. The maximum absolute atomic E-state index is 12.1. The standard InChI is InChI=1S/C19H16O7/c1-9-17(24-12(4)21)10(2)19(22)26-18(9)16-8-13-14(23-11(3)20)6-5-7-15(13)25-16/h5-8H,1-4H3. The van der Waals surface area contributed by atoms with Gasteiger partial charge in [0.25, 0.3) is 0 Å². The number of esters is 2. The molecule has 3 rings (SSSR count). The van der Waals surface area contributed by atoms with Crippen LogP contribution in [0.3, 0.4) is 0 Å². The largest absolute Gasteiger partial charge is 0.453 e. The Kier molecular flexibility index (Phi) is 4.38. The Hall–Kier alpha value is -3.35. The molecule has 3 aromatic rings. The SMILES string of the molecule is CC(=O)Oc1c(C)c(-c2cc3c(OC(C)=O)cccc3o2)oc(=O)c1C. The van der Waals surface area contributed by atoms with E-state index in [4.69, 9.17) is 18.3 Å². The molecule has 0 unspecified atom stereocenters. The van der Waals surface area contributed by atoms with Crippen LogP contribution in [0, 0.1) is 13.8 Å². The second kappa shape index (κ2) is 6.51. The van der Waals surface area contributed by atoms with Gasteiger partial charge in [0.05, 0.1) is 10.9 Å². The van der Waals surface area contributed by atoms with E-state index in [1.807, 2.05) is 0 Å². The van der Waals surface area contributed by atoms with Gasteiger partial charge in [-0.2, -0.15) is 0 Å². The molecule has 0 spiro atoms. The van der Waals surface area contributed by atoms with Crippen molar-refractivity contribution in [2.24, 2.45) is 0 Å². The highest BCUT2D eigenvalue weighted by Gasteiger charge is 2.21. The first-order chi connectivity index (χ1) is 12.3. The number of fused-ring (bicyclic) bond motifs is 1. The number of rotatable bonds is 3. The van der Waals surface area contributed by atoms with Crippen molar-refractivity contribution in [2.45, 2.75) is 27.7 Å². The zero-order chi connectivity index (χ0) is 19.0. The summed E-state index contributed by atoms with van der Waals surface area (Å²) in [6, 6.07) is 6.61. The summed E-state index contributed by atoms with van der Waals surface area (Å²) in [6.07, 6.45) is 0. The first-order valence-electron chi connectivity index (χ1n) is 7.82. The maximum Gasteiger partial charge on any atom is 0.343 e. The number of carbonyl (C=O) groups is 2. The van der Waals surface area contributed by atoms with Crippen molar-refractivity contribution in [1.29, 1.82) is 0 Å². The summed E-state index contributed by atoms with van der Waals surface area (Å²) in [5.74, 6) is -0.142. The molecular weight excluding hydrogens is 340 g/mol. The maximum atomic E-state index is 12.1. The Morgan fingerprint density at radius 1 is 0.962 bits per heavy atom. The minimum Gasteiger partial charge on any atom is -0.453 e. The van der Waals surface area contributed by atoms with Crippen LogP contribution in [0.4, 0.5) is 0 Å². The molecular formula is C19H16O7. The van der Waals surface area contributed by atoms with Crippen molar-refractivity contribution in [2.75, 3.05) is 0 Å². The highest BCUT2D eigenvalue weighted by atomic mass is 16.5. The van der Waals surface area contributed by atoms with E-state index in [9.17, 15) is 14.4 Å². The number of hydrogen-bond acceptors (Lipinski definition) is 7. The topological polar surface area (TPSA) is 96.0 Å². The molecule has 2 heterocycles. The second-order valence-electron chi connectivity index (χ2n) is 5.76. The van der Waals surface area contributed by atoms with Crippen LogP contribution < -0.4 is 15.1 Å². The molecule has 0 N–H and O–H groups in total. The van der Waals surface area contributed by atoms with E-state index in [0.29, 0.717) is 22.3 Å². The first kappa shape index (κ1) is 17.5. The van der Waals surface area contributed by atoms with Gasteiger partial charge in [-0.15, -0.1) is 0 Å². The van der Waals surface area contributed by atoms with Gasteiger partial charge in [0.15, 0.2) is 11.5 Å². The van der Waals surface area contributed by atoms with Crippen LogP contribution in [-0.4, -0.2) is 11.9 Å². The highest BCUT2D eigenvalue weighted by Crippen LogP contribution is 2.37. The van der Waals surface area contributed by atoms with Crippen LogP contribution in [0.2, 0.25) is 0 Å². The van der Waals surface area contributed by atoms with E-state index in [0.717, 1.165) is 0 Å². The van der Waals surface area contributed by atoms with Crippen LogP contribution in [0.25, 0.3) is 22.5 Å². The van der Waals surface area contributed by atoms with Gasteiger partial charge in [0, 0.05) is 19.4 Å². The molecule has 0 aliphatic carbocycles. The van der Waals surface area contributed by atoms with Gasteiger partial charge in [-0.1, -0.05) is 6.07 Å². The molecule has 0 aliphatic rings. The number of carbonyl (C=O) groups excluding carboxylic acids is 2. The van der Waals surface area contributed by atoms with E-state index in [2.05, 4.69) is 0 Å². The molecule has 1 aromatic carbocycles. The summed E-state index contributed by atoms with van der Waals surface area (Å²) in [5.41, 5.74) is 0.460. The second-order valence-corrected chi connectivity index (χ2v) is 5.76. The van der Waals surface area contributed by atoms with E-state index in [-0.39, 0.29) is 22.8 Å². The van der Waals surface area contributed by atoms with Gasteiger partial charge in [0.1, 0.15) is 17.1 Å². The molecule has 0 aliphatic heterocycles. The van der Waals surface area contributed by atoms with Crippen LogP contribution >= 0.6 is 0 Å². The third-order valence-electron chi connectivity index (χ3n) is 3.77. The molecule has 2 aromatic heterocycles. The van der Waals surface area contributed by atoms with Gasteiger partial charge in [-0.25, -0.2) is 4.79 Å². The number of hydrogen-bond donors (Lipinski definition) is 0. The van der Waals surface area contributed by atoms with Gasteiger partial charge >= 0.3 is 17.6 Å². The molecule has 0 saturated carbocycles. The Balaban J connectivity index is 2.21. The Bertz CT molecular complexity index is 1090. The third kappa shape index (κ3) is 3.11. The third-order valence-corrected chi connectivity index (χ3v) is 3.77. The van der Waals surface area contributed by atoms with Crippen molar-refractivity contribution in [3.05, 3.63) is 45.8 Å². The van der Waals surface area contributed by atoms with Crippen LogP contribution in [-0.2, 0) is 9.59 Å². The van der Waals surface area contributed by atoms with Crippen molar-refractivity contribution in [1.82, 2.24) is 0 Å². The Labute approximate surface area is 148 Å². The molecule has 0 atom stereocenters. The molecule has 134 valence electrons. The molecule has 7 heteroatoms. The van der Waals surface area contributed by atoms with Gasteiger partial charge in [0.2, 0.25) is 0 Å². The number of furan rings is 1. The normalized spacial score (nSPS) is 10.8. The summed E-state index contributed by atoms with van der Waals surface area (Å²) < 4.78 is 21.4. The summed E-state index contributed by atoms with van der Waals surface area (Å²) >= 11 is 0. The highest BCUT2D eigenvalue weighted by molar-refractivity contribution is 5.90. The van der Waals surface area contributed by atoms with Gasteiger partial charge < -0.3 is 18.3 Å². The van der Waals surface area contributed by atoms with Crippen molar-refractivity contribution < 1.29 is 27.9 Å². The minimum absolute atomic E-state index is 0.141. The summed E-state index contributed by atoms with van der Waals surface area (Å²) in [7, 11) is 0. The summed E-state index contributed by atoms with van der Waals surface area (Å²) in [5, 5.41) is 0.550. The lowest BCUT2D eigenvalue weighted by molar-refractivity contribution is -0.132. The Morgan fingerprint density at radius 2 is 1.65 bits per heavy atom. The molecule has 0 radical (unpaired) electrons. The molecule has 26 heavy (non-hydrogen) atoms. The van der Waals surface area contributed by atoms with Crippen LogP contribution in [0.1, 0.15) is 25.0 Å². The molecule has 7 nitrogen and oxygen atoms in total. The van der Waals surface area contributed by atoms with E-state index in [1.165, 1.54) is 20.8 Å². The first-order valence-corrected chi connectivity index (χ1v) is 7.82. The average Bonchev–Trinajstić information content (AvgIpc) is 2.99. The monoisotopic (exact) mass is 356 g/mol.